The summed E-state index contributed by atoms with van der Waals surface area (Å²) in [5.41, 5.74) is 3.95. The number of ether oxygens (including phenoxy) is 1. The lowest BCUT2D eigenvalue weighted by Gasteiger charge is -2.19. The molecule has 7 nitrogen and oxygen atoms in total. The van der Waals surface area contributed by atoms with Crippen molar-refractivity contribution < 1.29 is 18.8 Å². The maximum Gasteiger partial charge on any atom is 0.407 e. The van der Waals surface area contributed by atoms with Crippen LogP contribution in [0.4, 0.5) is 20.6 Å². The van der Waals surface area contributed by atoms with Crippen LogP contribution in [-0.2, 0) is 4.74 Å². The van der Waals surface area contributed by atoms with Gasteiger partial charge in [0, 0.05) is 12.6 Å². The van der Waals surface area contributed by atoms with E-state index in [1.807, 2.05) is 0 Å². The van der Waals surface area contributed by atoms with Gasteiger partial charge in [-0.3, -0.25) is 10.1 Å². The summed E-state index contributed by atoms with van der Waals surface area (Å²) in [6.07, 6.45) is 2.36. The number of nitro benzene ring substituents is 1. The Morgan fingerprint density at radius 3 is 2.68 bits per heavy atom. The molecule has 0 fully saturated rings. The normalized spacial score (nSPS) is 11.5. The average molecular weight is 311 g/mol. The number of anilines is 1. The van der Waals surface area contributed by atoms with Gasteiger partial charge in [-0.15, -0.1) is 0 Å². The van der Waals surface area contributed by atoms with Gasteiger partial charge in [-0.25, -0.2) is 9.18 Å². The lowest BCUT2D eigenvalue weighted by Crippen LogP contribution is -2.32. The Morgan fingerprint density at radius 2 is 2.14 bits per heavy atom. The Kier molecular flexibility index (Phi) is 5.44. The van der Waals surface area contributed by atoms with E-state index in [-0.39, 0.29) is 12.1 Å². The van der Waals surface area contributed by atoms with Crippen molar-refractivity contribution in [1.29, 1.82) is 0 Å². The summed E-state index contributed by atoms with van der Waals surface area (Å²) in [6.45, 7) is 5.34. The number of amides is 1. The summed E-state index contributed by atoms with van der Waals surface area (Å²) in [7, 11) is 0. The fourth-order valence-electron chi connectivity index (χ4n) is 1.52. The number of rotatable bonds is 4. The largest absolute Gasteiger partial charge is 0.444 e. The Labute approximate surface area is 127 Å². The maximum atomic E-state index is 13.5. The van der Waals surface area contributed by atoms with Crippen LogP contribution < -0.4 is 11.1 Å². The molecule has 1 aromatic rings. The number of nitro groups is 1. The van der Waals surface area contributed by atoms with Crippen molar-refractivity contribution in [2.24, 2.45) is 0 Å². The molecule has 120 valence electrons. The van der Waals surface area contributed by atoms with Crippen LogP contribution in [-0.4, -0.2) is 23.2 Å². The topological polar surface area (TPSA) is 107 Å². The highest BCUT2D eigenvalue weighted by Gasteiger charge is 2.17. The number of hydrogen-bond donors (Lipinski definition) is 2. The summed E-state index contributed by atoms with van der Waals surface area (Å²) < 4.78 is 18.5. The first-order valence-electron chi connectivity index (χ1n) is 6.47. The third-order valence-corrected chi connectivity index (χ3v) is 2.40. The van der Waals surface area contributed by atoms with Crippen LogP contribution in [0.3, 0.4) is 0 Å². The first-order chi connectivity index (χ1) is 10.1. The van der Waals surface area contributed by atoms with Crippen LogP contribution in [0.25, 0.3) is 6.08 Å². The second-order valence-electron chi connectivity index (χ2n) is 5.48. The number of alkyl carbamates (subject to hydrolysis) is 1. The van der Waals surface area contributed by atoms with E-state index in [4.69, 9.17) is 10.5 Å². The summed E-state index contributed by atoms with van der Waals surface area (Å²) in [6, 6.07) is 2.23. The second kappa shape index (κ2) is 6.88. The monoisotopic (exact) mass is 311 g/mol. The van der Waals surface area contributed by atoms with Gasteiger partial charge in [-0.2, -0.15) is 0 Å². The predicted octanol–water partition coefficient (Wildman–Crippen LogP) is 2.85. The van der Waals surface area contributed by atoms with Gasteiger partial charge in [0.1, 0.15) is 11.3 Å². The zero-order valence-electron chi connectivity index (χ0n) is 12.6. The van der Waals surface area contributed by atoms with Crippen LogP contribution in [0.1, 0.15) is 26.3 Å². The van der Waals surface area contributed by atoms with E-state index >= 15 is 0 Å². The SMILES string of the molecule is CC(C)(C)OC(=O)NCC=Cc1cc(F)c(N)c([N+](=O)[O-])c1. The number of benzene rings is 1. The van der Waals surface area contributed by atoms with Crippen molar-refractivity contribution in [3.8, 4) is 0 Å². The lowest BCUT2D eigenvalue weighted by atomic mass is 10.1. The zero-order valence-corrected chi connectivity index (χ0v) is 12.6. The zero-order chi connectivity index (χ0) is 16.9. The molecule has 0 aliphatic heterocycles. The van der Waals surface area contributed by atoms with Gasteiger partial charge >= 0.3 is 6.09 Å². The molecule has 0 atom stereocenters. The Bertz CT molecular complexity index is 609. The molecule has 3 N–H and O–H groups in total. The van der Waals surface area contributed by atoms with Crippen LogP contribution in [0, 0.1) is 15.9 Å². The van der Waals surface area contributed by atoms with Crippen molar-refractivity contribution in [3.63, 3.8) is 0 Å². The van der Waals surface area contributed by atoms with Gasteiger partial charge in [0.15, 0.2) is 5.82 Å². The molecule has 0 bridgehead atoms. The van der Waals surface area contributed by atoms with Crippen LogP contribution in [0.15, 0.2) is 18.2 Å². The highest BCUT2D eigenvalue weighted by Crippen LogP contribution is 2.26. The summed E-state index contributed by atoms with van der Waals surface area (Å²) in [4.78, 5) is 21.4. The van der Waals surface area contributed by atoms with Crippen molar-refractivity contribution in [3.05, 3.63) is 39.7 Å². The molecular weight excluding hydrogens is 293 g/mol. The number of halogens is 1. The average Bonchev–Trinajstić information content (AvgIpc) is 2.36. The number of nitrogen functional groups attached to an aromatic ring is 1. The molecule has 0 aliphatic rings. The molecule has 0 radical (unpaired) electrons. The molecule has 0 aromatic heterocycles. The molecule has 8 heteroatoms. The van der Waals surface area contributed by atoms with E-state index in [0.29, 0.717) is 0 Å². The molecule has 0 saturated heterocycles. The smallest absolute Gasteiger partial charge is 0.407 e. The van der Waals surface area contributed by atoms with E-state index in [1.54, 1.807) is 20.8 Å². The predicted molar refractivity (Wildman–Crippen MR) is 80.7 cm³/mol. The fourth-order valence-corrected chi connectivity index (χ4v) is 1.52. The standard InChI is InChI=1S/C14H18FN3O4/c1-14(2,3)22-13(19)17-6-4-5-9-7-10(15)12(16)11(8-9)18(20)21/h4-5,7-8H,6,16H2,1-3H3,(H,17,19). The second-order valence-corrected chi connectivity index (χ2v) is 5.48. The summed E-state index contributed by atoms with van der Waals surface area (Å²) in [5.74, 6) is -0.867. The lowest BCUT2D eigenvalue weighted by molar-refractivity contribution is -0.384. The summed E-state index contributed by atoms with van der Waals surface area (Å²) >= 11 is 0. The first kappa shape index (κ1) is 17.4. The quantitative estimate of drug-likeness (QED) is 0.505. The summed E-state index contributed by atoms with van der Waals surface area (Å²) in [5, 5.41) is 13.2. The molecule has 0 aliphatic carbocycles. The Morgan fingerprint density at radius 1 is 1.50 bits per heavy atom. The minimum atomic E-state index is -0.867. The molecule has 1 amide bonds. The molecule has 0 saturated carbocycles. The number of carbonyl (C=O) groups is 1. The van der Waals surface area contributed by atoms with Crippen molar-refractivity contribution in [2.75, 3.05) is 12.3 Å². The van der Waals surface area contributed by atoms with Crippen LogP contribution >= 0.6 is 0 Å². The van der Waals surface area contributed by atoms with Crippen LogP contribution in [0.2, 0.25) is 0 Å². The van der Waals surface area contributed by atoms with E-state index in [2.05, 4.69) is 5.32 Å². The highest BCUT2D eigenvalue weighted by atomic mass is 19.1. The molecule has 0 spiro atoms. The third kappa shape index (κ3) is 5.39. The Balaban J connectivity index is 2.68. The van der Waals surface area contributed by atoms with Crippen molar-refractivity contribution in [2.45, 2.75) is 26.4 Å². The van der Waals surface area contributed by atoms with Gasteiger partial charge < -0.3 is 15.8 Å². The van der Waals surface area contributed by atoms with Gasteiger partial charge in [0.25, 0.3) is 5.69 Å². The van der Waals surface area contributed by atoms with E-state index in [9.17, 15) is 19.3 Å². The molecule has 22 heavy (non-hydrogen) atoms. The molecule has 1 rings (SSSR count). The minimum Gasteiger partial charge on any atom is -0.444 e. The highest BCUT2D eigenvalue weighted by molar-refractivity contribution is 5.68. The van der Waals surface area contributed by atoms with Crippen molar-refractivity contribution >= 4 is 23.5 Å². The van der Waals surface area contributed by atoms with E-state index in [1.165, 1.54) is 12.2 Å². The van der Waals surface area contributed by atoms with Gasteiger partial charge in [-0.1, -0.05) is 12.2 Å². The third-order valence-electron chi connectivity index (χ3n) is 2.40. The van der Waals surface area contributed by atoms with Gasteiger partial charge in [0.2, 0.25) is 0 Å². The Hall–Kier alpha value is -2.64. The number of nitrogens with zero attached hydrogens (tertiary/aromatic N) is 1. The molecule has 0 unspecified atom stereocenters. The van der Waals surface area contributed by atoms with E-state index < -0.39 is 33.8 Å². The number of hydrogen-bond acceptors (Lipinski definition) is 5. The number of nitrogens with one attached hydrogen (secondary N) is 1. The van der Waals surface area contributed by atoms with Gasteiger partial charge in [-0.05, 0) is 32.4 Å². The maximum absolute atomic E-state index is 13.5. The van der Waals surface area contributed by atoms with Gasteiger partial charge in [0.05, 0.1) is 4.92 Å². The van der Waals surface area contributed by atoms with Crippen LogP contribution in [0.5, 0.6) is 0 Å². The molecule has 0 heterocycles. The molecule has 1 aromatic carbocycles. The van der Waals surface area contributed by atoms with Crippen molar-refractivity contribution in [1.82, 2.24) is 5.32 Å². The minimum absolute atomic E-state index is 0.134. The molecular formula is C14H18FN3O4. The number of carbonyl (C=O) groups excluding carboxylic acids is 1. The number of nitrogens with two attached hydrogens (primary N) is 1. The fraction of sp³-hybridized carbons (Fsp3) is 0.357. The first-order valence-corrected chi connectivity index (χ1v) is 6.47. The van der Waals surface area contributed by atoms with E-state index in [0.717, 1.165) is 12.1 Å².